The van der Waals surface area contributed by atoms with E-state index in [2.05, 4.69) is 26.1 Å². The van der Waals surface area contributed by atoms with Gasteiger partial charge in [-0.3, -0.25) is 9.78 Å². The topological polar surface area (TPSA) is 68.3 Å². The van der Waals surface area contributed by atoms with Crippen molar-refractivity contribution in [1.82, 2.24) is 4.98 Å². The number of carbonyl (C=O) groups excluding carboxylic acids is 2. The molecule has 0 fully saturated rings. The summed E-state index contributed by atoms with van der Waals surface area (Å²) in [7, 11) is 0. The highest BCUT2D eigenvalue weighted by molar-refractivity contribution is 6.33. The van der Waals surface area contributed by atoms with Gasteiger partial charge in [0.1, 0.15) is 0 Å². The number of halogens is 1. The van der Waals surface area contributed by atoms with Crippen LogP contribution in [0.15, 0.2) is 48.5 Å². The standard InChI is InChI=1S/C26H27ClN2O3/c1-26(2,3)16-12-13-21-18(14-16)24(17-8-4-6-10-20(17)28-21)25(31)32-15-23(30)29-22-11-7-5-9-19(22)27/h4-11,16H,12-15H2,1-3H3,(H,29,30). The van der Waals surface area contributed by atoms with Gasteiger partial charge in [-0.1, -0.05) is 62.7 Å². The normalized spacial score (nSPS) is 15.8. The fraction of sp³-hybridized carbons (Fsp3) is 0.346. The molecule has 1 atom stereocenters. The molecule has 1 heterocycles. The van der Waals surface area contributed by atoms with Crippen LogP contribution in [0.1, 0.15) is 48.8 Å². The minimum Gasteiger partial charge on any atom is -0.452 e. The van der Waals surface area contributed by atoms with Crippen molar-refractivity contribution < 1.29 is 14.3 Å². The Hall–Kier alpha value is -2.92. The van der Waals surface area contributed by atoms with E-state index in [4.69, 9.17) is 21.3 Å². The van der Waals surface area contributed by atoms with Crippen molar-refractivity contribution in [2.45, 2.75) is 40.0 Å². The van der Waals surface area contributed by atoms with Crippen LogP contribution < -0.4 is 5.32 Å². The largest absolute Gasteiger partial charge is 0.452 e. The second-order valence-electron chi connectivity index (χ2n) is 9.34. The van der Waals surface area contributed by atoms with Gasteiger partial charge in [0.25, 0.3) is 5.91 Å². The summed E-state index contributed by atoms with van der Waals surface area (Å²) < 4.78 is 5.48. The molecule has 0 aliphatic heterocycles. The lowest BCUT2D eigenvalue weighted by Gasteiger charge is -2.35. The van der Waals surface area contributed by atoms with Crippen molar-refractivity contribution in [2.24, 2.45) is 11.3 Å². The second kappa shape index (κ2) is 8.91. The van der Waals surface area contributed by atoms with Gasteiger partial charge >= 0.3 is 5.97 Å². The molecular weight excluding hydrogens is 424 g/mol. The van der Waals surface area contributed by atoms with Crippen molar-refractivity contribution in [1.29, 1.82) is 0 Å². The highest BCUT2D eigenvalue weighted by Gasteiger charge is 2.33. The molecular formula is C26H27ClN2O3. The van der Waals surface area contributed by atoms with Crippen LogP contribution in [0.4, 0.5) is 5.69 Å². The van der Waals surface area contributed by atoms with Crippen molar-refractivity contribution in [3.8, 4) is 0 Å². The molecule has 1 unspecified atom stereocenters. The molecule has 1 aliphatic rings. The first-order chi connectivity index (χ1) is 15.2. The number of nitrogens with one attached hydrogen (secondary N) is 1. The van der Waals surface area contributed by atoms with Gasteiger partial charge in [-0.15, -0.1) is 0 Å². The minimum absolute atomic E-state index is 0.124. The van der Waals surface area contributed by atoms with Crippen molar-refractivity contribution in [3.05, 3.63) is 70.4 Å². The molecule has 1 N–H and O–H groups in total. The van der Waals surface area contributed by atoms with E-state index < -0.39 is 18.5 Å². The Morgan fingerprint density at radius 2 is 1.84 bits per heavy atom. The first-order valence-electron chi connectivity index (χ1n) is 10.9. The van der Waals surface area contributed by atoms with Crippen LogP contribution in [0.25, 0.3) is 10.9 Å². The fourth-order valence-electron chi connectivity index (χ4n) is 4.31. The smallest absolute Gasteiger partial charge is 0.339 e. The van der Waals surface area contributed by atoms with Gasteiger partial charge in [0.2, 0.25) is 0 Å². The van der Waals surface area contributed by atoms with E-state index in [1.807, 2.05) is 24.3 Å². The minimum atomic E-state index is -0.497. The Morgan fingerprint density at radius 1 is 1.12 bits per heavy atom. The van der Waals surface area contributed by atoms with Gasteiger partial charge in [0, 0.05) is 11.1 Å². The second-order valence-corrected chi connectivity index (χ2v) is 9.75. The van der Waals surface area contributed by atoms with Gasteiger partial charge in [0.05, 0.1) is 21.8 Å². The summed E-state index contributed by atoms with van der Waals surface area (Å²) in [4.78, 5) is 30.5. The van der Waals surface area contributed by atoms with Crippen LogP contribution >= 0.6 is 11.6 Å². The number of esters is 1. The first kappa shape index (κ1) is 22.3. The van der Waals surface area contributed by atoms with Crippen LogP contribution in [0.3, 0.4) is 0 Å². The molecule has 0 saturated heterocycles. The molecule has 0 bridgehead atoms. The molecule has 3 aromatic rings. The Morgan fingerprint density at radius 3 is 2.59 bits per heavy atom. The number of fused-ring (bicyclic) bond motifs is 2. The molecule has 0 saturated carbocycles. The van der Waals surface area contributed by atoms with E-state index in [1.54, 1.807) is 24.3 Å². The number of amides is 1. The molecule has 0 radical (unpaired) electrons. The molecule has 2 aromatic carbocycles. The summed E-state index contributed by atoms with van der Waals surface area (Å²) in [5.41, 5.74) is 3.82. The molecule has 5 nitrogen and oxygen atoms in total. The number of rotatable bonds is 4. The number of carbonyl (C=O) groups is 2. The third-order valence-electron chi connectivity index (χ3n) is 6.17. The number of aryl methyl sites for hydroxylation is 1. The number of hydrogen-bond donors (Lipinski definition) is 1. The van der Waals surface area contributed by atoms with E-state index in [1.165, 1.54) is 0 Å². The number of ether oxygens (including phenoxy) is 1. The summed E-state index contributed by atoms with van der Waals surface area (Å²) in [6.07, 6.45) is 2.64. The van der Waals surface area contributed by atoms with E-state index in [0.717, 1.165) is 41.4 Å². The van der Waals surface area contributed by atoms with Crippen molar-refractivity contribution in [3.63, 3.8) is 0 Å². The van der Waals surface area contributed by atoms with Gasteiger partial charge < -0.3 is 10.1 Å². The number of para-hydroxylation sites is 2. The molecule has 166 valence electrons. The van der Waals surface area contributed by atoms with Gasteiger partial charge in [-0.05, 0) is 54.4 Å². The maximum atomic E-state index is 13.3. The average molecular weight is 451 g/mol. The monoisotopic (exact) mass is 450 g/mol. The van der Waals surface area contributed by atoms with Crippen LogP contribution in [0.5, 0.6) is 0 Å². The zero-order chi connectivity index (χ0) is 22.9. The molecule has 1 aromatic heterocycles. The van der Waals surface area contributed by atoms with Gasteiger partial charge in [-0.2, -0.15) is 0 Å². The fourth-order valence-corrected chi connectivity index (χ4v) is 4.50. The van der Waals surface area contributed by atoms with Crippen molar-refractivity contribution in [2.75, 3.05) is 11.9 Å². The third kappa shape index (κ3) is 4.63. The number of anilines is 1. The first-order valence-corrected chi connectivity index (χ1v) is 11.2. The Labute approximate surface area is 193 Å². The van der Waals surface area contributed by atoms with Crippen LogP contribution in [0, 0.1) is 11.3 Å². The number of nitrogens with zero attached hydrogens (tertiary/aromatic N) is 1. The SMILES string of the molecule is CC(C)(C)C1CCc2nc3ccccc3c(C(=O)OCC(=O)Nc3ccccc3Cl)c2C1. The number of pyridine rings is 1. The summed E-state index contributed by atoms with van der Waals surface area (Å²) in [5.74, 6) is -0.497. The van der Waals surface area contributed by atoms with Crippen LogP contribution in [-0.4, -0.2) is 23.5 Å². The maximum absolute atomic E-state index is 13.3. The lowest BCUT2D eigenvalue weighted by molar-refractivity contribution is -0.119. The molecule has 1 aliphatic carbocycles. The van der Waals surface area contributed by atoms with E-state index in [9.17, 15) is 9.59 Å². The Kier molecular flexibility index (Phi) is 6.20. The molecule has 1 amide bonds. The quantitative estimate of drug-likeness (QED) is 0.507. The molecule has 4 rings (SSSR count). The summed E-state index contributed by atoms with van der Waals surface area (Å²) in [5, 5.41) is 3.87. The molecule has 0 spiro atoms. The number of aromatic nitrogens is 1. The van der Waals surface area contributed by atoms with E-state index in [0.29, 0.717) is 22.2 Å². The molecule has 6 heteroatoms. The van der Waals surface area contributed by atoms with Crippen molar-refractivity contribution >= 4 is 40.1 Å². The Balaban J connectivity index is 1.60. The predicted molar refractivity (Wildman–Crippen MR) is 127 cm³/mol. The Bertz CT molecular complexity index is 1180. The highest BCUT2D eigenvalue weighted by Crippen LogP contribution is 2.39. The number of hydrogen-bond acceptors (Lipinski definition) is 4. The average Bonchev–Trinajstić information content (AvgIpc) is 2.76. The van der Waals surface area contributed by atoms with Gasteiger partial charge in [-0.25, -0.2) is 4.79 Å². The van der Waals surface area contributed by atoms with E-state index >= 15 is 0 Å². The summed E-state index contributed by atoms with van der Waals surface area (Å²) >= 11 is 6.09. The van der Waals surface area contributed by atoms with Crippen LogP contribution in [-0.2, 0) is 22.4 Å². The lowest BCUT2D eigenvalue weighted by Crippen LogP contribution is -2.29. The van der Waals surface area contributed by atoms with E-state index in [-0.39, 0.29) is 5.41 Å². The highest BCUT2D eigenvalue weighted by atomic mass is 35.5. The van der Waals surface area contributed by atoms with Crippen LogP contribution in [0.2, 0.25) is 5.02 Å². The third-order valence-corrected chi connectivity index (χ3v) is 6.50. The predicted octanol–water partition coefficient (Wildman–Crippen LogP) is 5.83. The summed E-state index contributed by atoms with van der Waals surface area (Å²) in [6, 6.07) is 14.5. The van der Waals surface area contributed by atoms with Gasteiger partial charge in [0.15, 0.2) is 6.61 Å². The molecule has 32 heavy (non-hydrogen) atoms. The lowest BCUT2D eigenvalue weighted by atomic mass is 9.70. The maximum Gasteiger partial charge on any atom is 0.339 e. The number of benzene rings is 2. The zero-order valence-electron chi connectivity index (χ0n) is 18.6. The summed E-state index contributed by atoms with van der Waals surface area (Å²) in [6.45, 7) is 6.30. The zero-order valence-corrected chi connectivity index (χ0v) is 19.3.